The van der Waals surface area contributed by atoms with Crippen LogP contribution in [0.2, 0.25) is 5.02 Å². The molecule has 0 aliphatic carbocycles. The molecule has 19 heavy (non-hydrogen) atoms. The van der Waals surface area contributed by atoms with Crippen molar-refractivity contribution >= 4 is 30.2 Å². The van der Waals surface area contributed by atoms with Crippen molar-refractivity contribution < 1.29 is 19.2 Å². The summed E-state index contributed by atoms with van der Waals surface area (Å²) in [6.07, 6.45) is 0. The van der Waals surface area contributed by atoms with Crippen molar-refractivity contribution in [2.45, 2.75) is 38.9 Å². The van der Waals surface area contributed by atoms with E-state index in [1.807, 2.05) is 27.7 Å². The SMILES string of the molecule is CC1(C)OB(c2cc(Cl)cc(C(=O)O)c2)OC1(C)C. The Hall–Kier alpha value is -1.04. The first-order valence-corrected chi connectivity index (χ1v) is 6.40. The molecule has 1 aromatic carbocycles. The van der Waals surface area contributed by atoms with E-state index in [1.165, 1.54) is 12.1 Å². The lowest BCUT2D eigenvalue weighted by molar-refractivity contribution is 0.00578. The zero-order valence-electron chi connectivity index (χ0n) is 11.4. The lowest BCUT2D eigenvalue weighted by Gasteiger charge is -2.32. The van der Waals surface area contributed by atoms with Crippen LogP contribution in [0.5, 0.6) is 0 Å². The number of hydrogen-bond donors (Lipinski definition) is 1. The highest BCUT2D eigenvalue weighted by Gasteiger charge is 2.51. The number of hydrogen-bond acceptors (Lipinski definition) is 3. The molecule has 2 rings (SSSR count). The largest absolute Gasteiger partial charge is 0.494 e. The second kappa shape index (κ2) is 4.51. The maximum absolute atomic E-state index is 11.0. The van der Waals surface area contributed by atoms with Crippen molar-refractivity contribution in [2.75, 3.05) is 0 Å². The van der Waals surface area contributed by atoms with Crippen molar-refractivity contribution in [2.24, 2.45) is 0 Å². The third-order valence-corrected chi connectivity index (χ3v) is 3.91. The third-order valence-electron chi connectivity index (χ3n) is 3.69. The van der Waals surface area contributed by atoms with Gasteiger partial charge in [-0.25, -0.2) is 4.79 Å². The van der Waals surface area contributed by atoms with Gasteiger partial charge in [0.1, 0.15) is 0 Å². The maximum Gasteiger partial charge on any atom is 0.494 e. The van der Waals surface area contributed by atoms with Gasteiger partial charge in [0.15, 0.2) is 0 Å². The van der Waals surface area contributed by atoms with Gasteiger partial charge in [0, 0.05) is 5.02 Å². The zero-order chi connectivity index (χ0) is 14.4. The molecule has 6 heteroatoms. The smallest absolute Gasteiger partial charge is 0.478 e. The van der Waals surface area contributed by atoms with E-state index in [-0.39, 0.29) is 5.56 Å². The van der Waals surface area contributed by atoms with E-state index in [1.54, 1.807) is 6.07 Å². The molecule has 1 fully saturated rings. The zero-order valence-corrected chi connectivity index (χ0v) is 12.1. The van der Waals surface area contributed by atoms with Gasteiger partial charge in [-0.15, -0.1) is 0 Å². The van der Waals surface area contributed by atoms with Crippen LogP contribution in [0, 0.1) is 0 Å². The van der Waals surface area contributed by atoms with Gasteiger partial charge in [-0.3, -0.25) is 0 Å². The molecule has 1 heterocycles. The van der Waals surface area contributed by atoms with Crippen molar-refractivity contribution in [1.29, 1.82) is 0 Å². The van der Waals surface area contributed by atoms with Gasteiger partial charge >= 0.3 is 13.1 Å². The number of rotatable bonds is 2. The number of halogens is 1. The monoisotopic (exact) mass is 282 g/mol. The van der Waals surface area contributed by atoms with Crippen LogP contribution in [0.15, 0.2) is 18.2 Å². The fraction of sp³-hybridized carbons (Fsp3) is 0.462. The molecule has 1 N–H and O–H groups in total. The van der Waals surface area contributed by atoms with E-state index < -0.39 is 24.3 Å². The average Bonchev–Trinajstić information content (AvgIpc) is 2.47. The van der Waals surface area contributed by atoms with Gasteiger partial charge in [-0.2, -0.15) is 0 Å². The van der Waals surface area contributed by atoms with E-state index in [0.717, 1.165) is 0 Å². The fourth-order valence-electron chi connectivity index (χ4n) is 1.85. The molecule has 1 saturated heterocycles. The summed E-state index contributed by atoms with van der Waals surface area (Å²) in [5.74, 6) is -1.03. The first-order valence-electron chi connectivity index (χ1n) is 6.02. The number of carbonyl (C=O) groups is 1. The molecule has 0 unspecified atom stereocenters. The quantitative estimate of drug-likeness (QED) is 0.846. The lowest BCUT2D eigenvalue weighted by Crippen LogP contribution is -2.41. The molecule has 1 aliphatic rings. The molecule has 0 aromatic heterocycles. The van der Waals surface area contributed by atoms with E-state index >= 15 is 0 Å². The lowest BCUT2D eigenvalue weighted by atomic mass is 9.78. The maximum atomic E-state index is 11.0. The third kappa shape index (κ3) is 2.64. The van der Waals surface area contributed by atoms with E-state index in [4.69, 9.17) is 26.0 Å². The molecule has 0 amide bonds. The summed E-state index contributed by atoms with van der Waals surface area (Å²) < 4.78 is 11.7. The van der Waals surface area contributed by atoms with Gasteiger partial charge < -0.3 is 14.4 Å². The Morgan fingerprint density at radius 1 is 1.16 bits per heavy atom. The van der Waals surface area contributed by atoms with Crippen LogP contribution in [0.1, 0.15) is 38.1 Å². The van der Waals surface area contributed by atoms with Crippen LogP contribution < -0.4 is 5.46 Å². The molecule has 102 valence electrons. The molecule has 0 saturated carbocycles. The molecule has 0 bridgehead atoms. The van der Waals surface area contributed by atoms with Crippen LogP contribution in [0.3, 0.4) is 0 Å². The summed E-state index contributed by atoms with van der Waals surface area (Å²) in [6, 6.07) is 4.59. The Labute approximate surface area is 117 Å². The van der Waals surface area contributed by atoms with Crippen molar-refractivity contribution in [3.8, 4) is 0 Å². The van der Waals surface area contributed by atoms with Crippen LogP contribution >= 0.6 is 11.6 Å². The molecular weight excluding hydrogens is 266 g/mol. The molecule has 0 spiro atoms. The number of aromatic carboxylic acids is 1. The second-order valence-electron chi connectivity index (χ2n) is 5.67. The molecule has 1 aliphatic heterocycles. The molecular formula is C13H16BClO4. The number of carboxylic acid groups (broad SMARTS) is 1. The highest BCUT2D eigenvalue weighted by atomic mass is 35.5. The second-order valence-corrected chi connectivity index (χ2v) is 6.10. The van der Waals surface area contributed by atoms with E-state index in [0.29, 0.717) is 10.5 Å². The predicted octanol–water partition coefficient (Wildman–Crippen LogP) is 2.34. The predicted molar refractivity (Wildman–Crippen MR) is 74.1 cm³/mol. The summed E-state index contributed by atoms with van der Waals surface area (Å²) in [7, 11) is -0.609. The van der Waals surface area contributed by atoms with Crippen LogP contribution in [-0.2, 0) is 9.31 Å². The summed E-state index contributed by atoms with van der Waals surface area (Å²) in [4.78, 5) is 11.0. The Kier molecular flexibility index (Phi) is 3.41. The summed E-state index contributed by atoms with van der Waals surface area (Å²) >= 11 is 5.94. The Morgan fingerprint density at radius 3 is 2.16 bits per heavy atom. The molecule has 4 nitrogen and oxygen atoms in total. The number of carboxylic acids is 1. The summed E-state index contributed by atoms with van der Waals surface area (Å²) in [6.45, 7) is 7.76. The molecule has 1 aromatic rings. The topological polar surface area (TPSA) is 55.8 Å². The molecule has 0 radical (unpaired) electrons. The fourth-order valence-corrected chi connectivity index (χ4v) is 2.09. The highest BCUT2D eigenvalue weighted by molar-refractivity contribution is 6.62. The summed E-state index contributed by atoms with van der Waals surface area (Å²) in [5, 5.41) is 9.39. The average molecular weight is 283 g/mol. The standard InChI is InChI=1S/C13H16BClO4/c1-12(2)13(3,4)19-14(18-12)9-5-8(11(16)17)6-10(15)7-9/h5-7H,1-4H3,(H,16,17). The normalized spacial score (nSPS) is 20.6. The van der Waals surface area contributed by atoms with Gasteiger partial charge in [0.2, 0.25) is 0 Å². The van der Waals surface area contributed by atoms with Crippen molar-refractivity contribution in [3.63, 3.8) is 0 Å². The van der Waals surface area contributed by atoms with Gasteiger partial charge in [0.05, 0.1) is 16.8 Å². The Balaban J connectivity index is 2.37. The van der Waals surface area contributed by atoms with Crippen LogP contribution in [0.25, 0.3) is 0 Å². The first kappa shape index (κ1) is 14.4. The van der Waals surface area contributed by atoms with Crippen LogP contribution in [0.4, 0.5) is 0 Å². The number of benzene rings is 1. The summed E-state index contributed by atoms with van der Waals surface area (Å²) in [5.41, 5.74) is -0.201. The van der Waals surface area contributed by atoms with Crippen molar-refractivity contribution in [3.05, 3.63) is 28.8 Å². The van der Waals surface area contributed by atoms with Crippen LogP contribution in [-0.4, -0.2) is 29.4 Å². The van der Waals surface area contributed by atoms with E-state index in [2.05, 4.69) is 0 Å². The Bertz CT molecular complexity index is 511. The minimum atomic E-state index is -1.03. The van der Waals surface area contributed by atoms with Gasteiger partial charge in [0.25, 0.3) is 0 Å². The highest BCUT2D eigenvalue weighted by Crippen LogP contribution is 2.36. The minimum absolute atomic E-state index is 0.122. The van der Waals surface area contributed by atoms with Gasteiger partial charge in [-0.1, -0.05) is 11.6 Å². The first-order chi connectivity index (χ1) is 8.62. The van der Waals surface area contributed by atoms with E-state index in [9.17, 15) is 4.79 Å². The van der Waals surface area contributed by atoms with Gasteiger partial charge in [-0.05, 0) is 51.4 Å². The molecule has 0 atom stereocenters. The van der Waals surface area contributed by atoms with Crippen molar-refractivity contribution in [1.82, 2.24) is 0 Å². The Morgan fingerprint density at radius 2 is 1.68 bits per heavy atom. The minimum Gasteiger partial charge on any atom is -0.478 e.